The molecule has 0 spiro atoms. The van der Waals surface area contributed by atoms with Crippen molar-refractivity contribution in [2.45, 2.75) is 32.6 Å². The molecule has 1 saturated heterocycles. The fourth-order valence-corrected chi connectivity index (χ4v) is 1.75. The Morgan fingerprint density at radius 2 is 1.85 bits per heavy atom. The standard InChI is InChI=1S/C10H20N2O/c1-10(13)11-6-9-12-7-4-2-3-5-8-12/h2-9H2,1H3,(H,11,13). The Hall–Kier alpha value is -0.570. The van der Waals surface area contributed by atoms with Crippen LogP contribution in [0.5, 0.6) is 0 Å². The predicted octanol–water partition coefficient (Wildman–Crippen LogP) is 0.998. The molecule has 1 heterocycles. The van der Waals surface area contributed by atoms with E-state index in [1.807, 2.05) is 0 Å². The smallest absolute Gasteiger partial charge is 0.216 e. The van der Waals surface area contributed by atoms with Crippen molar-refractivity contribution in [2.24, 2.45) is 0 Å². The lowest BCUT2D eigenvalue weighted by atomic mass is 10.2. The van der Waals surface area contributed by atoms with Crippen LogP contribution < -0.4 is 5.32 Å². The van der Waals surface area contributed by atoms with E-state index in [0.717, 1.165) is 13.1 Å². The first-order valence-electron chi connectivity index (χ1n) is 5.26. The van der Waals surface area contributed by atoms with Crippen molar-refractivity contribution < 1.29 is 4.79 Å². The molecule has 13 heavy (non-hydrogen) atoms. The average molecular weight is 184 g/mol. The molecule has 0 radical (unpaired) electrons. The van der Waals surface area contributed by atoms with Crippen LogP contribution in [0.4, 0.5) is 0 Å². The fourth-order valence-electron chi connectivity index (χ4n) is 1.75. The van der Waals surface area contributed by atoms with Gasteiger partial charge in [-0.2, -0.15) is 0 Å². The van der Waals surface area contributed by atoms with Crippen LogP contribution in [0.1, 0.15) is 32.6 Å². The molecular weight excluding hydrogens is 164 g/mol. The lowest BCUT2D eigenvalue weighted by Crippen LogP contribution is -2.34. The van der Waals surface area contributed by atoms with Gasteiger partial charge in [0, 0.05) is 20.0 Å². The summed E-state index contributed by atoms with van der Waals surface area (Å²) in [5.41, 5.74) is 0. The molecule has 0 aromatic carbocycles. The molecule has 0 aromatic heterocycles. The van der Waals surface area contributed by atoms with Gasteiger partial charge in [0.1, 0.15) is 0 Å². The largest absolute Gasteiger partial charge is 0.355 e. The molecule has 76 valence electrons. The van der Waals surface area contributed by atoms with Crippen LogP contribution in [0.25, 0.3) is 0 Å². The van der Waals surface area contributed by atoms with Crippen molar-refractivity contribution in [3.05, 3.63) is 0 Å². The molecule has 0 aliphatic carbocycles. The summed E-state index contributed by atoms with van der Waals surface area (Å²) in [6.45, 7) is 5.80. The highest BCUT2D eigenvalue weighted by Crippen LogP contribution is 2.08. The molecule has 1 fully saturated rings. The molecule has 0 saturated carbocycles. The second kappa shape index (κ2) is 5.97. The Balaban J connectivity index is 2.08. The van der Waals surface area contributed by atoms with Gasteiger partial charge < -0.3 is 10.2 Å². The summed E-state index contributed by atoms with van der Waals surface area (Å²) in [5.74, 6) is 0.0785. The number of nitrogens with one attached hydrogen (secondary N) is 1. The van der Waals surface area contributed by atoms with Gasteiger partial charge in [-0.25, -0.2) is 0 Å². The lowest BCUT2D eigenvalue weighted by molar-refractivity contribution is -0.119. The summed E-state index contributed by atoms with van der Waals surface area (Å²) >= 11 is 0. The molecule has 0 atom stereocenters. The van der Waals surface area contributed by atoms with Gasteiger partial charge in [0.15, 0.2) is 0 Å². The van der Waals surface area contributed by atoms with Crippen LogP contribution in [0.2, 0.25) is 0 Å². The zero-order valence-corrected chi connectivity index (χ0v) is 8.51. The number of carbonyl (C=O) groups excluding carboxylic acids is 1. The number of rotatable bonds is 3. The SMILES string of the molecule is CC(=O)NCCN1CCCCCC1. The number of nitrogens with zero attached hydrogens (tertiary/aromatic N) is 1. The number of hydrogen-bond acceptors (Lipinski definition) is 2. The minimum Gasteiger partial charge on any atom is -0.355 e. The highest BCUT2D eigenvalue weighted by Gasteiger charge is 2.07. The second-order valence-electron chi connectivity index (χ2n) is 3.74. The molecule has 3 nitrogen and oxygen atoms in total. The number of hydrogen-bond donors (Lipinski definition) is 1. The van der Waals surface area contributed by atoms with Crippen molar-refractivity contribution in [1.29, 1.82) is 0 Å². The molecule has 1 amide bonds. The zero-order valence-electron chi connectivity index (χ0n) is 8.51. The first kappa shape index (κ1) is 10.5. The Morgan fingerprint density at radius 1 is 1.23 bits per heavy atom. The van der Waals surface area contributed by atoms with E-state index in [1.54, 1.807) is 6.92 Å². The Bertz CT molecular complexity index is 151. The summed E-state index contributed by atoms with van der Waals surface area (Å²) in [6.07, 6.45) is 5.38. The number of amides is 1. The molecule has 3 heteroatoms. The third-order valence-electron chi connectivity index (χ3n) is 2.50. The van der Waals surface area contributed by atoms with Crippen LogP contribution in [0.15, 0.2) is 0 Å². The highest BCUT2D eigenvalue weighted by atomic mass is 16.1. The van der Waals surface area contributed by atoms with Crippen LogP contribution in [-0.2, 0) is 4.79 Å². The average Bonchev–Trinajstić information content (AvgIpc) is 2.32. The van der Waals surface area contributed by atoms with Crippen molar-refractivity contribution in [3.8, 4) is 0 Å². The van der Waals surface area contributed by atoms with Gasteiger partial charge >= 0.3 is 0 Å². The van der Waals surface area contributed by atoms with Crippen LogP contribution in [0.3, 0.4) is 0 Å². The Morgan fingerprint density at radius 3 is 2.38 bits per heavy atom. The highest BCUT2D eigenvalue weighted by molar-refractivity contribution is 5.72. The number of carbonyl (C=O) groups is 1. The molecule has 0 bridgehead atoms. The maximum atomic E-state index is 10.6. The topological polar surface area (TPSA) is 32.3 Å². The molecular formula is C10H20N2O. The lowest BCUT2D eigenvalue weighted by Gasteiger charge is -2.19. The molecule has 0 aromatic rings. The van der Waals surface area contributed by atoms with E-state index in [0.29, 0.717) is 0 Å². The monoisotopic (exact) mass is 184 g/mol. The molecule has 1 N–H and O–H groups in total. The quantitative estimate of drug-likeness (QED) is 0.709. The first-order chi connectivity index (χ1) is 6.29. The van der Waals surface area contributed by atoms with Gasteiger partial charge in [-0.15, -0.1) is 0 Å². The number of likely N-dealkylation sites (tertiary alicyclic amines) is 1. The normalized spacial score (nSPS) is 19.5. The van der Waals surface area contributed by atoms with E-state index in [4.69, 9.17) is 0 Å². The van der Waals surface area contributed by atoms with E-state index >= 15 is 0 Å². The van der Waals surface area contributed by atoms with Gasteiger partial charge in [-0.1, -0.05) is 12.8 Å². The maximum absolute atomic E-state index is 10.6. The van der Waals surface area contributed by atoms with Crippen molar-refractivity contribution in [3.63, 3.8) is 0 Å². The van der Waals surface area contributed by atoms with Gasteiger partial charge in [-0.3, -0.25) is 4.79 Å². The van der Waals surface area contributed by atoms with E-state index < -0.39 is 0 Å². The minimum atomic E-state index is 0.0785. The molecule has 1 aliphatic rings. The molecule has 1 rings (SSSR count). The predicted molar refractivity (Wildman–Crippen MR) is 53.6 cm³/mol. The van der Waals surface area contributed by atoms with Crippen molar-refractivity contribution in [2.75, 3.05) is 26.2 Å². The van der Waals surface area contributed by atoms with E-state index in [9.17, 15) is 4.79 Å². The van der Waals surface area contributed by atoms with E-state index in [-0.39, 0.29) is 5.91 Å². The van der Waals surface area contributed by atoms with Crippen LogP contribution in [-0.4, -0.2) is 37.0 Å². The van der Waals surface area contributed by atoms with Gasteiger partial charge in [-0.05, 0) is 25.9 Å². The van der Waals surface area contributed by atoms with Gasteiger partial charge in [0.25, 0.3) is 0 Å². The summed E-state index contributed by atoms with van der Waals surface area (Å²) in [5, 5.41) is 2.83. The van der Waals surface area contributed by atoms with Crippen LogP contribution >= 0.6 is 0 Å². The molecule has 0 unspecified atom stereocenters. The van der Waals surface area contributed by atoms with Crippen molar-refractivity contribution in [1.82, 2.24) is 10.2 Å². The Labute approximate surface area is 80.5 Å². The third-order valence-corrected chi connectivity index (χ3v) is 2.50. The summed E-state index contributed by atoms with van der Waals surface area (Å²) < 4.78 is 0. The Kier molecular flexibility index (Phi) is 4.83. The van der Waals surface area contributed by atoms with Gasteiger partial charge in [0.05, 0.1) is 0 Å². The third kappa shape index (κ3) is 4.88. The minimum absolute atomic E-state index is 0.0785. The summed E-state index contributed by atoms with van der Waals surface area (Å²) in [7, 11) is 0. The van der Waals surface area contributed by atoms with Crippen molar-refractivity contribution >= 4 is 5.91 Å². The maximum Gasteiger partial charge on any atom is 0.216 e. The van der Waals surface area contributed by atoms with E-state index in [2.05, 4.69) is 10.2 Å². The second-order valence-corrected chi connectivity index (χ2v) is 3.74. The summed E-state index contributed by atoms with van der Waals surface area (Å²) in [4.78, 5) is 13.1. The summed E-state index contributed by atoms with van der Waals surface area (Å²) in [6, 6.07) is 0. The fraction of sp³-hybridized carbons (Fsp3) is 0.900. The first-order valence-corrected chi connectivity index (χ1v) is 5.26. The zero-order chi connectivity index (χ0) is 9.52. The van der Waals surface area contributed by atoms with Gasteiger partial charge in [0.2, 0.25) is 5.91 Å². The van der Waals surface area contributed by atoms with Crippen LogP contribution in [0, 0.1) is 0 Å². The van der Waals surface area contributed by atoms with E-state index in [1.165, 1.54) is 38.8 Å². The molecule has 1 aliphatic heterocycles.